The van der Waals surface area contributed by atoms with E-state index in [1.807, 2.05) is 6.92 Å². The Balaban J connectivity index is 2.41. The maximum atomic E-state index is 4.09. The highest BCUT2D eigenvalue weighted by atomic mass is 79.9. The molecule has 0 unspecified atom stereocenters. The zero-order valence-corrected chi connectivity index (χ0v) is 8.43. The van der Waals surface area contributed by atoms with Crippen molar-refractivity contribution < 1.29 is 0 Å². The van der Waals surface area contributed by atoms with Gasteiger partial charge in [-0.25, -0.2) is 15.0 Å². The topological polar surface area (TPSA) is 56.5 Å². The summed E-state index contributed by atoms with van der Waals surface area (Å²) in [7, 11) is 0. The standard InChI is InChI=1S/C7H6BrN5/c1-5-2-9-7(10-3-5)13-4-11-6(8)12-13/h2-4H,1H3. The Bertz CT molecular complexity index is 407. The minimum Gasteiger partial charge on any atom is -0.219 e. The molecular weight excluding hydrogens is 234 g/mol. The Morgan fingerprint density at radius 3 is 2.46 bits per heavy atom. The molecule has 66 valence electrons. The summed E-state index contributed by atoms with van der Waals surface area (Å²) in [5, 5.41) is 4.01. The quantitative estimate of drug-likeness (QED) is 0.749. The van der Waals surface area contributed by atoms with Crippen molar-refractivity contribution in [3.8, 4) is 5.95 Å². The molecule has 0 saturated carbocycles. The van der Waals surface area contributed by atoms with Gasteiger partial charge in [0.2, 0.25) is 4.73 Å². The highest BCUT2D eigenvalue weighted by molar-refractivity contribution is 9.10. The molecule has 0 spiro atoms. The molecule has 13 heavy (non-hydrogen) atoms. The van der Waals surface area contributed by atoms with E-state index in [9.17, 15) is 0 Å². The second-order valence-electron chi connectivity index (χ2n) is 2.52. The Morgan fingerprint density at radius 1 is 1.23 bits per heavy atom. The molecule has 0 amide bonds. The zero-order valence-electron chi connectivity index (χ0n) is 6.85. The Kier molecular flexibility index (Phi) is 2.05. The van der Waals surface area contributed by atoms with Crippen molar-refractivity contribution in [2.75, 3.05) is 0 Å². The van der Waals surface area contributed by atoms with E-state index in [4.69, 9.17) is 0 Å². The van der Waals surface area contributed by atoms with Gasteiger partial charge in [-0.15, -0.1) is 5.10 Å². The minimum atomic E-state index is 0.517. The lowest BCUT2D eigenvalue weighted by atomic mass is 10.4. The molecule has 2 rings (SSSR count). The molecule has 0 aliphatic rings. The first-order valence-corrected chi connectivity index (χ1v) is 4.41. The number of hydrogen-bond acceptors (Lipinski definition) is 4. The molecule has 0 fully saturated rings. The van der Waals surface area contributed by atoms with Crippen LogP contribution < -0.4 is 0 Å². The van der Waals surface area contributed by atoms with E-state index in [1.165, 1.54) is 4.68 Å². The molecule has 2 aromatic heterocycles. The van der Waals surface area contributed by atoms with Crippen molar-refractivity contribution in [1.82, 2.24) is 24.7 Å². The van der Waals surface area contributed by atoms with Crippen molar-refractivity contribution in [2.45, 2.75) is 6.92 Å². The van der Waals surface area contributed by atoms with Gasteiger partial charge in [0.05, 0.1) is 0 Å². The van der Waals surface area contributed by atoms with Gasteiger partial charge >= 0.3 is 0 Å². The van der Waals surface area contributed by atoms with E-state index < -0.39 is 0 Å². The van der Waals surface area contributed by atoms with Gasteiger partial charge in [-0.1, -0.05) is 0 Å². The molecular formula is C7H6BrN5. The first-order valence-electron chi connectivity index (χ1n) is 3.62. The molecule has 0 atom stereocenters. The average Bonchev–Trinajstić information content (AvgIpc) is 2.53. The molecule has 0 aliphatic carbocycles. The molecule has 0 N–H and O–H groups in total. The monoisotopic (exact) mass is 239 g/mol. The Hall–Kier alpha value is -1.30. The van der Waals surface area contributed by atoms with Gasteiger partial charge in [0.15, 0.2) is 0 Å². The van der Waals surface area contributed by atoms with Crippen LogP contribution in [0.1, 0.15) is 5.56 Å². The van der Waals surface area contributed by atoms with Crippen LogP contribution in [0.3, 0.4) is 0 Å². The fourth-order valence-electron chi connectivity index (χ4n) is 0.843. The van der Waals surface area contributed by atoms with Gasteiger partial charge in [-0.2, -0.15) is 4.68 Å². The second-order valence-corrected chi connectivity index (χ2v) is 3.23. The first kappa shape index (κ1) is 8.31. The summed E-state index contributed by atoms with van der Waals surface area (Å²) in [6.07, 6.45) is 5.02. The highest BCUT2D eigenvalue weighted by Crippen LogP contribution is 2.03. The first-order chi connectivity index (χ1) is 6.25. The molecule has 2 aromatic rings. The molecule has 0 aromatic carbocycles. The summed E-state index contributed by atoms with van der Waals surface area (Å²) in [6.45, 7) is 1.93. The molecule has 5 nitrogen and oxygen atoms in total. The van der Waals surface area contributed by atoms with Crippen LogP contribution in [0.2, 0.25) is 0 Å². The van der Waals surface area contributed by atoms with Crippen LogP contribution >= 0.6 is 15.9 Å². The molecule has 6 heteroatoms. The van der Waals surface area contributed by atoms with Crippen LogP contribution in [0.4, 0.5) is 0 Å². The number of halogens is 1. The maximum Gasteiger partial charge on any atom is 0.252 e. The molecule has 2 heterocycles. The number of rotatable bonds is 1. The normalized spacial score (nSPS) is 10.3. The van der Waals surface area contributed by atoms with E-state index in [0.717, 1.165) is 5.56 Å². The fourth-order valence-corrected chi connectivity index (χ4v) is 1.11. The minimum absolute atomic E-state index is 0.517. The summed E-state index contributed by atoms with van der Waals surface area (Å²) >= 11 is 3.15. The zero-order chi connectivity index (χ0) is 9.26. The van der Waals surface area contributed by atoms with Crippen molar-refractivity contribution in [2.24, 2.45) is 0 Å². The predicted molar refractivity (Wildman–Crippen MR) is 49.4 cm³/mol. The fraction of sp³-hybridized carbons (Fsp3) is 0.143. The second kappa shape index (κ2) is 3.21. The van der Waals surface area contributed by atoms with Gasteiger partial charge < -0.3 is 0 Å². The average molecular weight is 240 g/mol. The van der Waals surface area contributed by atoms with Gasteiger partial charge in [-0.3, -0.25) is 0 Å². The number of nitrogens with zero attached hydrogens (tertiary/aromatic N) is 5. The van der Waals surface area contributed by atoms with Crippen molar-refractivity contribution in [3.63, 3.8) is 0 Å². The molecule has 0 saturated heterocycles. The summed E-state index contributed by atoms with van der Waals surface area (Å²) < 4.78 is 2.03. The predicted octanol–water partition coefficient (Wildman–Crippen LogP) is 1.13. The van der Waals surface area contributed by atoms with E-state index >= 15 is 0 Å². The molecule has 0 bridgehead atoms. The number of hydrogen-bond donors (Lipinski definition) is 0. The van der Waals surface area contributed by atoms with Crippen LogP contribution in [0.15, 0.2) is 23.5 Å². The third-order valence-corrected chi connectivity index (χ3v) is 1.80. The summed E-state index contributed by atoms with van der Waals surface area (Å²) in [6, 6.07) is 0. The summed E-state index contributed by atoms with van der Waals surface area (Å²) in [5.74, 6) is 0.517. The van der Waals surface area contributed by atoms with Crippen LogP contribution in [0.5, 0.6) is 0 Å². The van der Waals surface area contributed by atoms with Crippen LogP contribution in [-0.4, -0.2) is 24.7 Å². The smallest absolute Gasteiger partial charge is 0.219 e. The number of aryl methyl sites for hydroxylation is 1. The van der Waals surface area contributed by atoms with E-state index in [2.05, 4.69) is 36.0 Å². The van der Waals surface area contributed by atoms with Gasteiger partial charge in [-0.05, 0) is 28.4 Å². The lowest BCUT2D eigenvalue weighted by molar-refractivity contribution is 0.798. The SMILES string of the molecule is Cc1cnc(-n2cnc(Br)n2)nc1. The molecule has 0 radical (unpaired) electrons. The highest BCUT2D eigenvalue weighted by Gasteiger charge is 2.01. The largest absolute Gasteiger partial charge is 0.252 e. The van der Waals surface area contributed by atoms with Crippen LogP contribution in [0, 0.1) is 6.92 Å². The van der Waals surface area contributed by atoms with Crippen LogP contribution in [-0.2, 0) is 0 Å². The Labute approximate surface area is 83.0 Å². The van der Waals surface area contributed by atoms with Crippen molar-refractivity contribution in [3.05, 3.63) is 29.0 Å². The third kappa shape index (κ3) is 1.72. The number of aromatic nitrogens is 5. The van der Waals surface area contributed by atoms with E-state index in [0.29, 0.717) is 10.7 Å². The lowest BCUT2D eigenvalue weighted by Gasteiger charge is -1.96. The van der Waals surface area contributed by atoms with Gasteiger partial charge in [0, 0.05) is 12.4 Å². The van der Waals surface area contributed by atoms with Crippen molar-refractivity contribution in [1.29, 1.82) is 0 Å². The van der Waals surface area contributed by atoms with E-state index in [1.54, 1.807) is 18.7 Å². The molecule has 0 aliphatic heterocycles. The van der Waals surface area contributed by atoms with Crippen LogP contribution in [0.25, 0.3) is 5.95 Å². The Morgan fingerprint density at radius 2 is 1.92 bits per heavy atom. The maximum absolute atomic E-state index is 4.09. The lowest BCUT2D eigenvalue weighted by Crippen LogP contribution is -2.00. The summed E-state index contributed by atoms with van der Waals surface area (Å²) in [5.41, 5.74) is 1.02. The third-order valence-electron chi connectivity index (χ3n) is 1.44. The summed E-state index contributed by atoms with van der Waals surface area (Å²) in [4.78, 5) is 12.1. The van der Waals surface area contributed by atoms with Crippen molar-refractivity contribution >= 4 is 15.9 Å². The van der Waals surface area contributed by atoms with E-state index in [-0.39, 0.29) is 0 Å². The van der Waals surface area contributed by atoms with Gasteiger partial charge in [0.25, 0.3) is 5.95 Å². The van der Waals surface area contributed by atoms with Gasteiger partial charge in [0.1, 0.15) is 6.33 Å².